The summed E-state index contributed by atoms with van der Waals surface area (Å²) in [6, 6.07) is 4.38. The molecule has 0 radical (unpaired) electrons. The predicted octanol–water partition coefficient (Wildman–Crippen LogP) is 2.35. The van der Waals surface area contributed by atoms with E-state index in [9.17, 15) is 31.5 Å². The Labute approximate surface area is 160 Å². The third-order valence-corrected chi connectivity index (χ3v) is 3.85. The van der Waals surface area contributed by atoms with Crippen molar-refractivity contribution in [2.75, 3.05) is 25.3 Å². The Morgan fingerprint density at radius 2 is 1.79 bits per heavy atom. The molecule has 0 bridgehead atoms. The van der Waals surface area contributed by atoms with Crippen molar-refractivity contribution in [3.63, 3.8) is 0 Å². The minimum absolute atomic E-state index is 0.0248. The molecule has 2 heterocycles. The normalized spacial score (nSPS) is 13.4. The number of amides is 1. The first-order chi connectivity index (χ1) is 13.7. The molecule has 156 valence electrons. The quantitative estimate of drug-likeness (QED) is 0.697. The van der Waals surface area contributed by atoms with Gasteiger partial charge in [-0.25, -0.2) is 13.3 Å². The molecule has 1 aliphatic rings. The van der Waals surface area contributed by atoms with E-state index in [0.29, 0.717) is 0 Å². The van der Waals surface area contributed by atoms with Crippen LogP contribution in [0, 0.1) is 0 Å². The van der Waals surface area contributed by atoms with E-state index in [1.54, 1.807) is 0 Å². The summed E-state index contributed by atoms with van der Waals surface area (Å²) in [6.45, 7) is -3.89. The fourth-order valence-electron chi connectivity index (χ4n) is 2.55. The third-order valence-electron chi connectivity index (χ3n) is 3.85. The molecule has 0 unspecified atom stereocenters. The molecule has 1 aromatic heterocycles. The maximum absolute atomic E-state index is 12.9. The van der Waals surface area contributed by atoms with Crippen molar-refractivity contribution in [1.29, 1.82) is 0 Å². The molecule has 3 rings (SSSR count). The van der Waals surface area contributed by atoms with E-state index in [1.807, 2.05) is 0 Å². The Morgan fingerprint density at radius 1 is 1.14 bits per heavy atom. The summed E-state index contributed by atoms with van der Waals surface area (Å²) >= 11 is 0. The molecular weight excluding hydrogens is 405 g/mol. The first kappa shape index (κ1) is 20.6. The summed E-state index contributed by atoms with van der Waals surface area (Å²) in [7, 11) is 0. The lowest BCUT2D eigenvalue weighted by atomic mass is 10.2. The molecular formula is C17H14F5N3O4. The number of aromatic nitrogens is 2. The van der Waals surface area contributed by atoms with E-state index in [1.165, 1.54) is 24.3 Å². The molecule has 29 heavy (non-hydrogen) atoms. The number of carbonyl (C=O) groups is 1. The highest BCUT2D eigenvalue weighted by Crippen LogP contribution is 2.25. The second-order valence-corrected chi connectivity index (χ2v) is 6.03. The van der Waals surface area contributed by atoms with Crippen molar-refractivity contribution in [2.45, 2.75) is 18.7 Å². The highest BCUT2D eigenvalue weighted by molar-refractivity contribution is 5.97. The molecule has 1 aliphatic heterocycles. The van der Waals surface area contributed by atoms with Crippen molar-refractivity contribution in [3.8, 4) is 17.4 Å². The van der Waals surface area contributed by atoms with E-state index in [-0.39, 0.29) is 29.2 Å². The zero-order valence-corrected chi connectivity index (χ0v) is 14.6. The van der Waals surface area contributed by atoms with Gasteiger partial charge in [0.2, 0.25) is 5.91 Å². The van der Waals surface area contributed by atoms with Crippen molar-refractivity contribution in [1.82, 2.24) is 9.55 Å². The lowest BCUT2D eigenvalue weighted by Gasteiger charge is -2.18. The second-order valence-electron chi connectivity index (χ2n) is 6.03. The minimum atomic E-state index is -4.52. The van der Waals surface area contributed by atoms with E-state index < -0.39 is 49.7 Å². The van der Waals surface area contributed by atoms with Gasteiger partial charge in [0.15, 0.2) is 12.7 Å². The van der Waals surface area contributed by atoms with E-state index in [4.69, 9.17) is 4.74 Å². The molecule has 0 aliphatic carbocycles. The van der Waals surface area contributed by atoms with Crippen LogP contribution in [0.5, 0.6) is 11.8 Å². The van der Waals surface area contributed by atoms with Gasteiger partial charge in [-0.05, 0) is 24.3 Å². The van der Waals surface area contributed by atoms with Gasteiger partial charge in [-0.2, -0.15) is 18.2 Å². The number of nitrogens with one attached hydrogen (secondary N) is 1. The van der Waals surface area contributed by atoms with Crippen molar-refractivity contribution in [3.05, 3.63) is 40.2 Å². The third kappa shape index (κ3) is 4.63. The van der Waals surface area contributed by atoms with Crippen LogP contribution in [0.2, 0.25) is 0 Å². The number of carbonyl (C=O) groups excluding carboxylic acids is 1. The fraction of sp³-hybridized carbons (Fsp3) is 0.353. The van der Waals surface area contributed by atoms with Crippen LogP contribution in [0.3, 0.4) is 0 Å². The van der Waals surface area contributed by atoms with Gasteiger partial charge in [0.05, 0.1) is 17.7 Å². The van der Waals surface area contributed by atoms with Gasteiger partial charge in [0.1, 0.15) is 24.9 Å². The molecule has 0 saturated heterocycles. The van der Waals surface area contributed by atoms with Crippen molar-refractivity contribution in [2.24, 2.45) is 0 Å². The maximum atomic E-state index is 12.9. The van der Waals surface area contributed by atoms with Crippen LogP contribution in [-0.2, 0) is 11.2 Å². The number of alkyl halides is 5. The highest BCUT2D eigenvalue weighted by Gasteiger charge is 2.29. The van der Waals surface area contributed by atoms with Crippen LogP contribution in [0.15, 0.2) is 29.1 Å². The lowest BCUT2D eigenvalue weighted by molar-refractivity contribution is -0.153. The van der Waals surface area contributed by atoms with Gasteiger partial charge in [-0.1, -0.05) is 0 Å². The zero-order valence-electron chi connectivity index (χ0n) is 14.6. The number of fused-ring (bicyclic) bond motifs is 1. The average molecular weight is 419 g/mol. The standard InChI is InChI=1S/C17H14F5N3O4/c18-6-11(7-19)29-16-24-14-12(5-13(26)23-14)15(27)25(16)9-1-3-10(4-2-9)28-8-17(20,21)22/h1-4,11H,5-8H2,(H,23,26). The smallest absolute Gasteiger partial charge is 0.422 e. The van der Waals surface area contributed by atoms with E-state index in [2.05, 4.69) is 15.0 Å². The second kappa shape index (κ2) is 8.05. The zero-order chi connectivity index (χ0) is 21.2. The Morgan fingerprint density at radius 3 is 2.38 bits per heavy atom. The minimum Gasteiger partial charge on any atom is -0.484 e. The topological polar surface area (TPSA) is 82.4 Å². The summed E-state index contributed by atoms with van der Waals surface area (Å²) in [4.78, 5) is 28.3. The monoisotopic (exact) mass is 419 g/mol. The Bertz CT molecular complexity index is 955. The predicted molar refractivity (Wildman–Crippen MR) is 90.1 cm³/mol. The molecule has 0 atom stereocenters. The van der Waals surface area contributed by atoms with Gasteiger partial charge >= 0.3 is 12.2 Å². The average Bonchev–Trinajstić information content (AvgIpc) is 3.05. The Balaban J connectivity index is 2.00. The fourth-order valence-corrected chi connectivity index (χ4v) is 2.55. The van der Waals surface area contributed by atoms with Crippen LogP contribution in [-0.4, -0.2) is 47.7 Å². The van der Waals surface area contributed by atoms with Crippen molar-refractivity contribution >= 4 is 11.7 Å². The van der Waals surface area contributed by atoms with Crippen LogP contribution in [0.4, 0.5) is 27.8 Å². The number of hydrogen-bond donors (Lipinski definition) is 1. The van der Waals surface area contributed by atoms with Crippen LogP contribution < -0.4 is 20.3 Å². The molecule has 0 fully saturated rings. The number of anilines is 1. The van der Waals surface area contributed by atoms with Gasteiger partial charge < -0.3 is 14.8 Å². The Kier molecular flexibility index (Phi) is 5.71. The number of ether oxygens (including phenoxy) is 2. The van der Waals surface area contributed by atoms with Gasteiger partial charge in [-0.15, -0.1) is 0 Å². The number of hydrogen-bond acceptors (Lipinski definition) is 5. The summed E-state index contributed by atoms with van der Waals surface area (Å²) in [5.41, 5.74) is -0.601. The first-order valence-corrected chi connectivity index (χ1v) is 8.26. The van der Waals surface area contributed by atoms with Crippen LogP contribution in [0.1, 0.15) is 5.56 Å². The summed E-state index contributed by atoms with van der Waals surface area (Å²) in [5, 5.41) is 2.35. The molecule has 7 nitrogen and oxygen atoms in total. The maximum Gasteiger partial charge on any atom is 0.422 e. The number of benzene rings is 1. The molecule has 1 amide bonds. The molecule has 0 saturated carbocycles. The number of halogens is 5. The first-order valence-electron chi connectivity index (χ1n) is 8.26. The largest absolute Gasteiger partial charge is 0.484 e. The molecule has 1 N–H and O–H groups in total. The molecule has 12 heteroatoms. The molecule has 2 aromatic rings. The summed E-state index contributed by atoms with van der Waals surface area (Å²) in [5.74, 6) is -0.678. The van der Waals surface area contributed by atoms with E-state index in [0.717, 1.165) is 4.57 Å². The van der Waals surface area contributed by atoms with E-state index >= 15 is 0 Å². The lowest BCUT2D eigenvalue weighted by Crippen LogP contribution is -2.29. The van der Waals surface area contributed by atoms with Crippen molar-refractivity contribution < 1.29 is 36.2 Å². The molecule has 0 spiro atoms. The summed E-state index contributed by atoms with van der Waals surface area (Å²) in [6.07, 6.45) is -6.30. The van der Waals surface area contributed by atoms with Crippen LogP contribution >= 0.6 is 0 Å². The SMILES string of the molecule is O=C1Cc2c(nc(OC(CF)CF)n(-c3ccc(OCC(F)(F)F)cc3)c2=O)N1. The Hall–Kier alpha value is -3.18. The number of rotatable bonds is 7. The van der Waals surface area contributed by atoms with Gasteiger partial charge in [0.25, 0.3) is 5.56 Å². The van der Waals surface area contributed by atoms with Gasteiger partial charge in [0, 0.05) is 0 Å². The summed E-state index contributed by atoms with van der Waals surface area (Å²) < 4.78 is 73.1. The molecule has 1 aromatic carbocycles. The van der Waals surface area contributed by atoms with Crippen LogP contribution in [0.25, 0.3) is 5.69 Å². The highest BCUT2D eigenvalue weighted by atomic mass is 19.4. The number of nitrogens with zero attached hydrogens (tertiary/aromatic N) is 2. The van der Waals surface area contributed by atoms with Gasteiger partial charge in [-0.3, -0.25) is 9.59 Å².